The number of benzene rings is 3. The van der Waals surface area contributed by atoms with E-state index >= 15 is 0 Å². The fourth-order valence-electron chi connectivity index (χ4n) is 3.49. The van der Waals surface area contributed by atoms with Crippen molar-refractivity contribution in [3.63, 3.8) is 0 Å². The Morgan fingerprint density at radius 1 is 0.778 bits per heavy atom. The number of halogens is 1. The molecule has 7 nitrogen and oxygen atoms in total. The van der Waals surface area contributed by atoms with Crippen LogP contribution in [0.25, 0.3) is 12.2 Å². The van der Waals surface area contributed by atoms with E-state index in [9.17, 15) is 9.18 Å². The Morgan fingerprint density at radius 2 is 1.42 bits per heavy atom. The third-order valence-electron chi connectivity index (χ3n) is 5.28. The summed E-state index contributed by atoms with van der Waals surface area (Å²) in [4.78, 5) is 12.4. The SMILES string of the molecule is COc1cc(/C=C\c2cc(OC)c(OC)c(OC)c2)c(N/C=C\C(=O)c2cccc(F)c2)cc1OC. The molecule has 36 heavy (non-hydrogen) atoms. The summed E-state index contributed by atoms with van der Waals surface area (Å²) >= 11 is 0. The summed E-state index contributed by atoms with van der Waals surface area (Å²) in [6.07, 6.45) is 6.56. The van der Waals surface area contributed by atoms with Crippen LogP contribution in [0.15, 0.2) is 60.8 Å². The minimum atomic E-state index is -0.471. The molecule has 0 heterocycles. The number of carbonyl (C=O) groups is 1. The highest BCUT2D eigenvalue weighted by atomic mass is 19.1. The molecular formula is C28H28FNO6. The van der Waals surface area contributed by atoms with Crippen LogP contribution in [0, 0.1) is 5.82 Å². The van der Waals surface area contributed by atoms with Crippen LogP contribution in [-0.4, -0.2) is 41.3 Å². The van der Waals surface area contributed by atoms with E-state index in [1.807, 2.05) is 24.3 Å². The average molecular weight is 494 g/mol. The monoisotopic (exact) mass is 493 g/mol. The Bertz CT molecular complexity index is 1260. The van der Waals surface area contributed by atoms with Gasteiger partial charge in [0.05, 0.1) is 35.5 Å². The van der Waals surface area contributed by atoms with Gasteiger partial charge in [-0.05, 0) is 35.9 Å². The summed E-state index contributed by atoms with van der Waals surface area (Å²) in [5, 5.41) is 3.10. The molecule has 0 bridgehead atoms. The number of ketones is 1. The predicted molar refractivity (Wildman–Crippen MR) is 138 cm³/mol. The van der Waals surface area contributed by atoms with E-state index in [2.05, 4.69) is 5.32 Å². The first-order valence-electron chi connectivity index (χ1n) is 10.9. The quantitative estimate of drug-likeness (QED) is 0.204. The zero-order valence-corrected chi connectivity index (χ0v) is 20.8. The van der Waals surface area contributed by atoms with E-state index < -0.39 is 5.82 Å². The lowest BCUT2D eigenvalue weighted by Gasteiger charge is -2.14. The lowest BCUT2D eigenvalue weighted by molar-refractivity contribution is 0.104. The Kier molecular flexibility index (Phi) is 8.94. The normalized spacial score (nSPS) is 10.9. The number of hydrogen-bond donors (Lipinski definition) is 1. The fraction of sp³-hybridized carbons (Fsp3) is 0.179. The maximum absolute atomic E-state index is 13.4. The standard InChI is InChI=1S/C28H28FNO6/c1-32-24-16-19(10-9-18-13-26(34-3)28(36-5)27(14-18)35-4)22(17-25(24)33-2)30-12-11-23(31)20-7-6-8-21(29)15-20/h6-17,30H,1-5H3/b10-9-,12-11-. The Morgan fingerprint density at radius 3 is 2.00 bits per heavy atom. The van der Waals surface area contributed by atoms with Gasteiger partial charge in [0, 0.05) is 35.2 Å². The maximum atomic E-state index is 13.4. The molecule has 8 heteroatoms. The Balaban J connectivity index is 1.94. The molecule has 0 saturated heterocycles. The van der Waals surface area contributed by atoms with Gasteiger partial charge in [-0.3, -0.25) is 4.79 Å². The topological polar surface area (TPSA) is 75.3 Å². The van der Waals surface area contributed by atoms with Gasteiger partial charge in [0.2, 0.25) is 5.75 Å². The van der Waals surface area contributed by atoms with Gasteiger partial charge in [0.15, 0.2) is 28.8 Å². The predicted octanol–water partition coefficient (Wildman–Crippen LogP) is 5.85. The lowest BCUT2D eigenvalue weighted by atomic mass is 10.1. The summed E-state index contributed by atoms with van der Waals surface area (Å²) in [6.45, 7) is 0. The molecule has 0 aliphatic heterocycles. The molecule has 1 N–H and O–H groups in total. The number of allylic oxidation sites excluding steroid dienone is 1. The van der Waals surface area contributed by atoms with Crippen molar-refractivity contribution < 1.29 is 32.9 Å². The van der Waals surface area contributed by atoms with Crippen LogP contribution in [0.5, 0.6) is 28.7 Å². The fourth-order valence-corrected chi connectivity index (χ4v) is 3.49. The average Bonchev–Trinajstić information content (AvgIpc) is 2.90. The molecule has 0 spiro atoms. The molecule has 0 aliphatic rings. The van der Waals surface area contributed by atoms with Crippen LogP contribution in [0.4, 0.5) is 10.1 Å². The summed E-state index contributed by atoms with van der Waals surface area (Å²) < 4.78 is 40.5. The zero-order chi connectivity index (χ0) is 26.1. The minimum absolute atomic E-state index is 0.253. The van der Waals surface area contributed by atoms with Gasteiger partial charge in [0.25, 0.3) is 0 Å². The molecule has 0 saturated carbocycles. The Hall–Kier alpha value is -4.46. The number of nitrogens with one attached hydrogen (secondary N) is 1. The molecule has 3 aromatic rings. The van der Waals surface area contributed by atoms with Gasteiger partial charge < -0.3 is 29.0 Å². The summed E-state index contributed by atoms with van der Waals surface area (Å²) in [5.74, 6) is 1.79. The van der Waals surface area contributed by atoms with Crippen molar-refractivity contribution in [3.05, 3.63) is 83.3 Å². The first kappa shape index (κ1) is 26.2. The van der Waals surface area contributed by atoms with E-state index in [4.69, 9.17) is 23.7 Å². The molecule has 0 atom stereocenters. The molecule has 3 rings (SSSR count). The molecule has 0 radical (unpaired) electrons. The van der Waals surface area contributed by atoms with E-state index in [1.54, 1.807) is 46.6 Å². The van der Waals surface area contributed by atoms with Crippen LogP contribution in [-0.2, 0) is 0 Å². The maximum Gasteiger partial charge on any atom is 0.203 e. The number of ether oxygens (including phenoxy) is 5. The second-order valence-corrected chi connectivity index (χ2v) is 7.44. The molecule has 0 fully saturated rings. The van der Waals surface area contributed by atoms with E-state index in [-0.39, 0.29) is 11.3 Å². The van der Waals surface area contributed by atoms with E-state index in [0.29, 0.717) is 34.4 Å². The smallest absolute Gasteiger partial charge is 0.203 e. The van der Waals surface area contributed by atoms with Crippen LogP contribution in [0.2, 0.25) is 0 Å². The zero-order valence-electron chi connectivity index (χ0n) is 20.8. The van der Waals surface area contributed by atoms with Crippen molar-refractivity contribution >= 4 is 23.6 Å². The largest absolute Gasteiger partial charge is 0.493 e. The van der Waals surface area contributed by atoms with Crippen LogP contribution in [0.1, 0.15) is 21.5 Å². The van der Waals surface area contributed by atoms with E-state index in [1.165, 1.54) is 37.6 Å². The number of rotatable bonds is 11. The van der Waals surface area contributed by atoms with Crippen LogP contribution < -0.4 is 29.0 Å². The molecule has 0 unspecified atom stereocenters. The van der Waals surface area contributed by atoms with Crippen molar-refractivity contribution in [2.24, 2.45) is 0 Å². The van der Waals surface area contributed by atoms with E-state index in [0.717, 1.165) is 11.1 Å². The van der Waals surface area contributed by atoms with Crippen LogP contribution >= 0.6 is 0 Å². The number of hydrogen-bond acceptors (Lipinski definition) is 7. The van der Waals surface area contributed by atoms with Crippen LogP contribution in [0.3, 0.4) is 0 Å². The van der Waals surface area contributed by atoms with Crippen molar-refractivity contribution in [2.45, 2.75) is 0 Å². The van der Waals surface area contributed by atoms with Crippen molar-refractivity contribution in [2.75, 3.05) is 40.9 Å². The molecule has 0 amide bonds. The molecule has 3 aromatic carbocycles. The first-order chi connectivity index (χ1) is 17.4. The highest BCUT2D eigenvalue weighted by molar-refractivity contribution is 6.04. The second kappa shape index (κ2) is 12.3. The second-order valence-electron chi connectivity index (χ2n) is 7.44. The van der Waals surface area contributed by atoms with Gasteiger partial charge in [-0.1, -0.05) is 24.3 Å². The number of anilines is 1. The summed E-state index contributed by atoms with van der Waals surface area (Å²) in [7, 11) is 7.74. The van der Waals surface area contributed by atoms with Crippen molar-refractivity contribution in [1.29, 1.82) is 0 Å². The molecule has 188 valence electrons. The first-order valence-corrected chi connectivity index (χ1v) is 10.9. The van der Waals surface area contributed by atoms with Gasteiger partial charge >= 0.3 is 0 Å². The third kappa shape index (κ3) is 6.15. The van der Waals surface area contributed by atoms with Gasteiger partial charge in [-0.25, -0.2) is 4.39 Å². The minimum Gasteiger partial charge on any atom is -0.493 e. The summed E-state index contributed by atoms with van der Waals surface area (Å²) in [5.41, 5.74) is 2.47. The number of methoxy groups -OCH3 is 5. The van der Waals surface area contributed by atoms with Crippen molar-refractivity contribution in [1.82, 2.24) is 0 Å². The van der Waals surface area contributed by atoms with Crippen molar-refractivity contribution in [3.8, 4) is 28.7 Å². The lowest BCUT2D eigenvalue weighted by Crippen LogP contribution is -1.99. The highest BCUT2D eigenvalue weighted by Gasteiger charge is 2.13. The van der Waals surface area contributed by atoms with Gasteiger partial charge in [-0.2, -0.15) is 0 Å². The highest BCUT2D eigenvalue weighted by Crippen LogP contribution is 2.39. The molecular weight excluding hydrogens is 465 g/mol. The third-order valence-corrected chi connectivity index (χ3v) is 5.28. The summed E-state index contributed by atoms with van der Waals surface area (Å²) in [6, 6.07) is 12.7. The number of carbonyl (C=O) groups excluding carboxylic acids is 1. The van der Waals surface area contributed by atoms with Gasteiger partial charge in [0.1, 0.15) is 5.82 Å². The molecule has 0 aromatic heterocycles. The van der Waals surface area contributed by atoms with Gasteiger partial charge in [-0.15, -0.1) is 0 Å². The molecule has 0 aliphatic carbocycles. The Labute approximate surface area is 209 Å².